The van der Waals surface area contributed by atoms with Gasteiger partial charge in [-0.1, -0.05) is 29.8 Å². The molecule has 0 aliphatic carbocycles. The Morgan fingerprint density at radius 1 is 1.11 bits per heavy atom. The second kappa shape index (κ2) is 14.6. The van der Waals surface area contributed by atoms with Gasteiger partial charge in [-0.15, -0.1) is 0 Å². The second-order valence-electron chi connectivity index (χ2n) is 10.8. The molecule has 0 bridgehead atoms. The van der Waals surface area contributed by atoms with Crippen molar-refractivity contribution in [3.63, 3.8) is 0 Å². The summed E-state index contributed by atoms with van der Waals surface area (Å²) in [7, 11) is 1.66. The van der Waals surface area contributed by atoms with Gasteiger partial charge in [0.1, 0.15) is 12.9 Å². The lowest BCUT2D eigenvalue weighted by molar-refractivity contribution is 0.0404. The van der Waals surface area contributed by atoms with Crippen molar-refractivity contribution >= 4 is 29.6 Å². The topological polar surface area (TPSA) is 146 Å². The third-order valence-electron chi connectivity index (χ3n) is 7.03. The van der Waals surface area contributed by atoms with Gasteiger partial charge in [0, 0.05) is 36.5 Å². The fourth-order valence-electron chi connectivity index (χ4n) is 4.47. The number of nitrogens with one attached hydrogen (secondary N) is 1. The van der Waals surface area contributed by atoms with Crippen molar-refractivity contribution in [2.75, 3.05) is 13.2 Å². The molecule has 2 heterocycles. The fourth-order valence-corrected chi connectivity index (χ4v) is 4.67. The quantitative estimate of drug-likeness (QED) is 0.118. The van der Waals surface area contributed by atoms with E-state index in [0.29, 0.717) is 37.8 Å². The van der Waals surface area contributed by atoms with E-state index in [1.54, 1.807) is 44.3 Å². The molecule has 0 unspecified atom stereocenters. The molecule has 0 spiro atoms. The second-order valence-corrected chi connectivity index (χ2v) is 11.2. The van der Waals surface area contributed by atoms with Crippen LogP contribution in [0.5, 0.6) is 0 Å². The number of aromatic nitrogens is 5. The predicted molar refractivity (Wildman–Crippen MR) is 166 cm³/mol. The van der Waals surface area contributed by atoms with E-state index in [4.69, 9.17) is 22.1 Å². The number of amides is 2. The van der Waals surface area contributed by atoms with Gasteiger partial charge in [-0.3, -0.25) is 14.7 Å². The molecular formula is C30H32ClF4N9O3. The third kappa shape index (κ3) is 8.06. The number of alkyl carbamates (subject to hydrolysis) is 1. The molecule has 2 amide bonds. The molecule has 0 saturated carbocycles. The van der Waals surface area contributed by atoms with Gasteiger partial charge >= 0.3 is 12.6 Å². The van der Waals surface area contributed by atoms with Gasteiger partial charge in [-0.25, -0.2) is 27.9 Å². The molecule has 250 valence electrons. The van der Waals surface area contributed by atoms with Crippen molar-refractivity contribution in [2.24, 2.45) is 17.8 Å². The van der Waals surface area contributed by atoms with Crippen LogP contribution in [0.1, 0.15) is 49.3 Å². The minimum atomic E-state index is -2.89. The molecule has 0 radical (unpaired) electrons. The van der Waals surface area contributed by atoms with Crippen molar-refractivity contribution in [3.05, 3.63) is 77.3 Å². The number of nitrogens with zero attached hydrogens (tertiary/aromatic N) is 7. The first-order chi connectivity index (χ1) is 22.2. The lowest BCUT2D eigenvalue weighted by Crippen LogP contribution is -2.50. The summed E-state index contributed by atoms with van der Waals surface area (Å²) in [5, 5.41) is 10.1. The van der Waals surface area contributed by atoms with Crippen LogP contribution in [0.2, 0.25) is 5.02 Å². The third-order valence-corrected chi connectivity index (χ3v) is 7.36. The smallest absolute Gasteiger partial charge is 0.407 e. The van der Waals surface area contributed by atoms with E-state index in [1.807, 2.05) is 0 Å². The van der Waals surface area contributed by atoms with Gasteiger partial charge in [0.25, 0.3) is 12.3 Å². The van der Waals surface area contributed by atoms with Crippen molar-refractivity contribution in [3.8, 4) is 22.5 Å². The zero-order valence-corrected chi connectivity index (χ0v) is 26.5. The Labute approximate surface area is 272 Å². The molecule has 1 atom stereocenters. The summed E-state index contributed by atoms with van der Waals surface area (Å²) in [5.41, 5.74) is 6.30. The highest BCUT2D eigenvalue weighted by Gasteiger charge is 2.34. The largest absolute Gasteiger partial charge is 0.447 e. The Morgan fingerprint density at radius 3 is 2.38 bits per heavy atom. The van der Waals surface area contributed by atoms with E-state index in [0.717, 1.165) is 18.7 Å². The summed E-state index contributed by atoms with van der Waals surface area (Å²) in [6, 6.07) is 9.63. The van der Waals surface area contributed by atoms with Crippen LogP contribution >= 0.6 is 11.6 Å². The number of nitrogens with two attached hydrogens (primary N) is 1. The predicted octanol–water partition coefficient (Wildman–Crippen LogP) is 5.68. The van der Waals surface area contributed by atoms with Crippen LogP contribution in [-0.4, -0.2) is 72.5 Å². The number of guanidine groups is 1. The molecule has 0 fully saturated rings. The van der Waals surface area contributed by atoms with E-state index in [2.05, 4.69) is 25.5 Å². The molecule has 2 aromatic carbocycles. The zero-order chi connectivity index (χ0) is 34.5. The molecule has 4 aromatic rings. The molecule has 17 heteroatoms. The van der Waals surface area contributed by atoms with Crippen LogP contribution in [0.15, 0.2) is 66.2 Å². The molecule has 0 aliphatic heterocycles. The Kier molecular flexibility index (Phi) is 10.8. The van der Waals surface area contributed by atoms with Crippen LogP contribution < -0.4 is 11.1 Å². The SMILES string of the molecule is CCN=C(N)N(C(=O)c1ccc(-c2cnn(C(F)F)c2)cc1)[C@H](COC(=O)NC(C)(C)C(F)F)c1ccc(Cl)c(-c2ncnn2C)c1. The van der Waals surface area contributed by atoms with Crippen LogP contribution in [0.3, 0.4) is 0 Å². The van der Waals surface area contributed by atoms with E-state index in [1.165, 1.54) is 35.5 Å². The Hall–Kier alpha value is -4.99. The van der Waals surface area contributed by atoms with Gasteiger partial charge in [0.2, 0.25) is 0 Å². The number of hydrogen-bond acceptors (Lipinski definition) is 7. The Bertz CT molecular complexity index is 1740. The van der Waals surface area contributed by atoms with E-state index >= 15 is 0 Å². The highest BCUT2D eigenvalue weighted by molar-refractivity contribution is 6.33. The first-order valence-electron chi connectivity index (χ1n) is 14.2. The maximum absolute atomic E-state index is 14.2. The Balaban J connectivity index is 1.76. The van der Waals surface area contributed by atoms with E-state index in [-0.39, 0.29) is 18.1 Å². The summed E-state index contributed by atoms with van der Waals surface area (Å²) in [4.78, 5) is 36.4. The molecule has 47 heavy (non-hydrogen) atoms. The minimum absolute atomic E-state index is 0.125. The van der Waals surface area contributed by atoms with Crippen molar-refractivity contribution in [2.45, 2.75) is 45.3 Å². The summed E-state index contributed by atoms with van der Waals surface area (Å²) in [5.74, 6) is -0.491. The van der Waals surface area contributed by atoms with Gasteiger partial charge < -0.3 is 15.8 Å². The first-order valence-corrected chi connectivity index (χ1v) is 14.5. The molecule has 0 saturated heterocycles. The summed E-state index contributed by atoms with van der Waals surface area (Å²) < 4.78 is 60.3. The molecule has 4 rings (SSSR count). The van der Waals surface area contributed by atoms with Crippen molar-refractivity contribution in [1.29, 1.82) is 0 Å². The molecule has 3 N–H and O–H groups in total. The number of aliphatic imine (C=N–C) groups is 1. The van der Waals surface area contributed by atoms with Gasteiger partial charge in [-0.05, 0) is 56.2 Å². The number of carbonyl (C=O) groups excluding carboxylic acids is 2. The number of rotatable bonds is 11. The lowest BCUT2D eigenvalue weighted by Gasteiger charge is -2.32. The maximum atomic E-state index is 14.2. The molecule has 2 aromatic heterocycles. The molecule has 0 aliphatic rings. The average molecular weight is 678 g/mol. The number of halogens is 5. The van der Waals surface area contributed by atoms with Crippen molar-refractivity contribution in [1.82, 2.24) is 34.8 Å². The number of alkyl halides is 4. The minimum Gasteiger partial charge on any atom is -0.447 e. The standard InChI is InChI=1S/C30H32ClF4N9O3/c1-5-37-28(36)44(25(45)18-8-6-17(7-9-18)20-13-39-43(14-20)27(34)35)23(15-47-29(46)41-30(2,3)26(32)33)19-10-11-22(31)21(12-19)24-38-16-40-42(24)4/h6-14,16,23,26-27H,5,15H2,1-4H3,(H2,36,37)(H,41,46)/t23-/m1/s1. The first kappa shape index (κ1) is 34.9. The highest BCUT2D eigenvalue weighted by Crippen LogP contribution is 2.33. The summed E-state index contributed by atoms with van der Waals surface area (Å²) in [6.45, 7) is 0.790. The normalized spacial score (nSPS) is 12.8. The van der Waals surface area contributed by atoms with E-state index < -0.39 is 43.2 Å². The number of ether oxygens (including phenoxy) is 1. The zero-order valence-electron chi connectivity index (χ0n) is 25.7. The Morgan fingerprint density at radius 2 is 1.81 bits per heavy atom. The van der Waals surface area contributed by atoms with Gasteiger partial charge in [0.05, 0.1) is 22.8 Å². The number of carbonyl (C=O) groups is 2. The number of aryl methyl sites for hydroxylation is 1. The fraction of sp³-hybridized carbons (Fsp3) is 0.333. The van der Waals surface area contributed by atoms with Crippen LogP contribution in [0, 0.1) is 0 Å². The average Bonchev–Trinajstić information content (AvgIpc) is 3.69. The number of hydrogen-bond donors (Lipinski definition) is 2. The van der Waals surface area contributed by atoms with Crippen LogP contribution in [-0.2, 0) is 11.8 Å². The number of benzene rings is 2. The summed E-state index contributed by atoms with van der Waals surface area (Å²) in [6.07, 6.45) is -0.283. The molecule has 12 nitrogen and oxygen atoms in total. The van der Waals surface area contributed by atoms with Gasteiger partial charge in [0.15, 0.2) is 11.8 Å². The van der Waals surface area contributed by atoms with Crippen molar-refractivity contribution < 1.29 is 31.9 Å². The highest BCUT2D eigenvalue weighted by atomic mass is 35.5. The van der Waals surface area contributed by atoms with Crippen LogP contribution in [0.4, 0.5) is 22.4 Å². The lowest BCUT2D eigenvalue weighted by atomic mass is 10.0. The van der Waals surface area contributed by atoms with E-state index in [9.17, 15) is 27.2 Å². The molecular weight excluding hydrogens is 646 g/mol. The maximum Gasteiger partial charge on any atom is 0.407 e. The monoisotopic (exact) mass is 677 g/mol. The van der Waals surface area contributed by atoms with Gasteiger partial charge in [-0.2, -0.15) is 19.0 Å². The summed E-state index contributed by atoms with van der Waals surface area (Å²) >= 11 is 6.50. The van der Waals surface area contributed by atoms with Crippen LogP contribution in [0.25, 0.3) is 22.5 Å².